The molecule has 0 fully saturated rings. The maximum atomic E-state index is 12.7. The van der Waals surface area contributed by atoms with E-state index in [-0.39, 0.29) is 0 Å². The molecule has 2 rings (SSSR count). The predicted molar refractivity (Wildman–Crippen MR) is 74.6 cm³/mol. The monoisotopic (exact) mass is 315 g/mol. The minimum atomic E-state index is -4.37. The van der Waals surface area contributed by atoms with Gasteiger partial charge in [-0.05, 0) is 41.8 Å². The Morgan fingerprint density at radius 1 is 1.24 bits per heavy atom. The molecule has 1 unspecified atom stereocenters. The van der Waals surface area contributed by atoms with Gasteiger partial charge in [0.1, 0.15) is 0 Å². The van der Waals surface area contributed by atoms with Crippen LogP contribution in [-0.2, 0) is 6.18 Å². The van der Waals surface area contributed by atoms with E-state index < -0.39 is 17.8 Å². The lowest BCUT2D eigenvalue weighted by molar-refractivity contribution is -0.137. The number of alkyl halides is 3. The van der Waals surface area contributed by atoms with Gasteiger partial charge in [-0.15, -0.1) is 0 Å². The lowest BCUT2D eigenvalue weighted by Crippen LogP contribution is -2.29. The molecule has 0 amide bonds. The van der Waals surface area contributed by atoms with E-state index in [0.717, 1.165) is 12.1 Å². The van der Waals surface area contributed by atoms with Crippen molar-refractivity contribution < 1.29 is 13.2 Å². The number of hydrogen-bond acceptors (Lipinski definition) is 3. The molecule has 1 heterocycles. The van der Waals surface area contributed by atoms with Crippen LogP contribution in [0.5, 0.6) is 0 Å². The van der Waals surface area contributed by atoms with Crippen molar-refractivity contribution in [1.82, 2.24) is 10.4 Å². The molecule has 0 saturated carbocycles. The molecule has 1 atom stereocenters. The summed E-state index contributed by atoms with van der Waals surface area (Å²) in [6.45, 7) is 1.60. The Hall–Kier alpha value is -1.63. The summed E-state index contributed by atoms with van der Waals surface area (Å²) in [6.07, 6.45) is -1.37. The van der Waals surface area contributed by atoms with Gasteiger partial charge in [-0.1, -0.05) is 17.7 Å². The number of halogens is 4. The minimum Gasteiger partial charge on any atom is -0.271 e. The zero-order valence-corrected chi connectivity index (χ0v) is 11.8. The maximum Gasteiger partial charge on any atom is 0.416 e. The first kappa shape index (κ1) is 15.8. The van der Waals surface area contributed by atoms with Gasteiger partial charge in [-0.25, -0.2) is 5.43 Å². The highest BCUT2D eigenvalue weighted by atomic mass is 35.5. The zero-order valence-electron chi connectivity index (χ0n) is 11.1. The van der Waals surface area contributed by atoms with Gasteiger partial charge in [0.2, 0.25) is 0 Å². The van der Waals surface area contributed by atoms with Crippen LogP contribution in [-0.4, -0.2) is 4.98 Å². The van der Waals surface area contributed by atoms with E-state index in [4.69, 9.17) is 17.4 Å². The molecule has 7 heteroatoms. The Balaban J connectivity index is 2.47. The fourth-order valence-corrected chi connectivity index (χ4v) is 2.37. The molecule has 2 aromatic rings. The van der Waals surface area contributed by atoms with Crippen LogP contribution in [0.25, 0.3) is 0 Å². The summed E-state index contributed by atoms with van der Waals surface area (Å²) >= 11 is 6.07. The van der Waals surface area contributed by atoms with Crippen LogP contribution in [0, 0.1) is 6.92 Å². The molecule has 1 aromatic heterocycles. The maximum absolute atomic E-state index is 12.7. The van der Waals surface area contributed by atoms with Gasteiger partial charge < -0.3 is 0 Å². The van der Waals surface area contributed by atoms with Crippen LogP contribution in [0.4, 0.5) is 13.2 Å². The Morgan fingerprint density at radius 2 is 1.95 bits per heavy atom. The number of benzene rings is 1. The third kappa shape index (κ3) is 3.34. The molecule has 0 aliphatic heterocycles. The second-order valence-corrected chi connectivity index (χ2v) is 4.97. The van der Waals surface area contributed by atoms with Gasteiger partial charge in [0.15, 0.2) is 0 Å². The Morgan fingerprint density at radius 3 is 2.48 bits per heavy atom. The van der Waals surface area contributed by atoms with Gasteiger partial charge >= 0.3 is 6.18 Å². The highest BCUT2D eigenvalue weighted by Crippen LogP contribution is 2.34. The number of hydrogen-bond donors (Lipinski definition) is 2. The van der Waals surface area contributed by atoms with E-state index in [1.165, 1.54) is 12.3 Å². The number of nitrogens with two attached hydrogens (primary N) is 1. The molecule has 21 heavy (non-hydrogen) atoms. The normalized spacial score (nSPS) is 13.2. The average molecular weight is 316 g/mol. The number of rotatable bonds is 3. The first-order valence-corrected chi connectivity index (χ1v) is 6.45. The fourth-order valence-electron chi connectivity index (χ4n) is 2.14. The molecule has 1 aromatic carbocycles. The van der Waals surface area contributed by atoms with Crippen LogP contribution in [0.15, 0.2) is 36.7 Å². The summed E-state index contributed by atoms with van der Waals surface area (Å²) in [4.78, 5) is 3.87. The molecule has 3 N–H and O–H groups in total. The molecule has 3 nitrogen and oxygen atoms in total. The van der Waals surface area contributed by atoms with Crippen molar-refractivity contribution in [2.24, 2.45) is 5.84 Å². The lowest BCUT2D eigenvalue weighted by atomic mass is 9.94. The van der Waals surface area contributed by atoms with E-state index in [1.54, 1.807) is 19.2 Å². The summed E-state index contributed by atoms with van der Waals surface area (Å²) in [6, 6.07) is 4.68. The van der Waals surface area contributed by atoms with Crippen molar-refractivity contribution in [3.05, 3.63) is 63.9 Å². The highest BCUT2D eigenvalue weighted by Gasteiger charge is 2.31. The minimum absolute atomic E-state index is 0.389. The summed E-state index contributed by atoms with van der Waals surface area (Å²) in [5.41, 5.74) is 3.63. The number of pyridine rings is 1. The van der Waals surface area contributed by atoms with Gasteiger partial charge in [-0.2, -0.15) is 13.2 Å². The molecule has 112 valence electrons. The smallest absolute Gasteiger partial charge is 0.271 e. The first-order valence-electron chi connectivity index (χ1n) is 6.08. The summed E-state index contributed by atoms with van der Waals surface area (Å²) < 4.78 is 38.1. The van der Waals surface area contributed by atoms with Crippen molar-refractivity contribution >= 4 is 11.6 Å². The van der Waals surface area contributed by atoms with Crippen molar-refractivity contribution in [3.8, 4) is 0 Å². The molecule has 0 radical (unpaired) electrons. The zero-order chi connectivity index (χ0) is 15.6. The van der Waals surface area contributed by atoms with Gasteiger partial charge in [0.05, 0.1) is 16.6 Å². The molecular weight excluding hydrogens is 303 g/mol. The third-order valence-electron chi connectivity index (χ3n) is 3.19. The molecular formula is C14H13ClF3N3. The molecule has 0 saturated heterocycles. The summed E-state index contributed by atoms with van der Waals surface area (Å²) in [5, 5.41) is 0.389. The average Bonchev–Trinajstić information content (AvgIpc) is 2.42. The number of aromatic nitrogens is 1. The largest absolute Gasteiger partial charge is 0.416 e. The first-order chi connectivity index (χ1) is 9.84. The van der Waals surface area contributed by atoms with Gasteiger partial charge in [0.25, 0.3) is 0 Å². The van der Waals surface area contributed by atoms with Crippen LogP contribution in [0.1, 0.15) is 28.3 Å². The van der Waals surface area contributed by atoms with Crippen LogP contribution in [0.3, 0.4) is 0 Å². The SMILES string of the molecule is Cc1cc(C(F)(F)F)ccc1C(NN)c1ccncc1Cl. The Bertz CT molecular complexity index is 644. The number of hydrazine groups is 1. The number of nitrogens with zero attached hydrogens (tertiary/aromatic N) is 1. The third-order valence-corrected chi connectivity index (χ3v) is 3.51. The highest BCUT2D eigenvalue weighted by molar-refractivity contribution is 6.31. The summed E-state index contributed by atoms with van der Waals surface area (Å²) in [5.74, 6) is 5.55. The van der Waals surface area contributed by atoms with E-state index in [0.29, 0.717) is 21.7 Å². The van der Waals surface area contributed by atoms with Crippen LogP contribution >= 0.6 is 11.6 Å². The van der Waals surface area contributed by atoms with E-state index in [2.05, 4.69) is 10.4 Å². The van der Waals surface area contributed by atoms with Crippen LogP contribution in [0.2, 0.25) is 5.02 Å². The van der Waals surface area contributed by atoms with E-state index in [9.17, 15) is 13.2 Å². The fraction of sp³-hybridized carbons (Fsp3) is 0.214. The Labute approximate surface area is 124 Å². The van der Waals surface area contributed by atoms with Gasteiger partial charge in [0, 0.05) is 12.4 Å². The van der Waals surface area contributed by atoms with Crippen molar-refractivity contribution in [3.63, 3.8) is 0 Å². The molecule has 0 bridgehead atoms. The summed E-state index contributed by atoms with van der Waals surface area (Å²) in [7, 11) is 0. The van der Waals surface area contributed by atoms with Crippen molar-refractivity contribution in [1.29, 1.82) is 0 Å². The van der Waals surface area contributed by atoms with Gasteiger partial charge in [-0.3, -0.25) is 10.8 Å². The second kappa shape index (κ2) is 6.01. The Kier molecular flexibility index (Phi) is 4.51. The topological polar surface area (TPSA) is 50.9 Å². The van der Waals surface area contributed by atoms with E-state index >= 15 is 0 Å². The number of aryl methyl sites for hydroxylation is 1. The molecule has 0 aliphatic rings. The second-order valence-electron chi connectivity index (χ2n) is 4.57. The predicted octanol–water partition coefficient (Wildman–Crippen LogP) is 3.61. The number of nitrogens with one attached hydrogen (secondary N) is 1. The van der Waals surface area contributed by atoms with Crippen molar-refractivity contribution in [2.45, 2.75) is 19.1 Å². The molecule has 0 aliphatic carbocycles. The molecule has 0 spiro atoms. The lowest BCUT2D eigenvalue weighted by Gasteiger charge is -2.21. The van der Waals surface area contributed by atoms with Crippen LogP contribution < -0.4 is 11.3 Å². The van der Waals surface area contributed by atoms with E-state index in [1.807, 2.05) is 0 Å². The standard InChI is InChI=1S/C14H13ClF3N3/c1-8-6-9(14(16,17)18)2-3-10(8)13(21-19)11-4-5-20-7-12(11)15/h2-7,13,21H,19H2,1H3. The quantitative estimate of drug-likeness (QED) is 0.672. The van der Waals surface area contributed by atoms with Crippen molar-refractivity contribution in [2.75, 3.05) is 0 Å².